The SMILES string of the molecule is Cc1ccc(F)c(N(c2cc(-c3ccccc3F)cc(-c3ccccc3F)c2)c2ccc3ccc4c(N(c5cc(-c6ccccc6F)cc(-c6ccccc6F)c5)c5cc(C)ccc5F)ccc5ccc2c3c54)c1. The van der Waals surface area contributed by atoms with Gasteiger partial charge in [-0.1, -0.05) is 121 Å². The first-order valence-electron chi connectivity index (χ1n) is 24.1. The van der Waals surface area contributed by atoms with Crippen molar-refractivity contribution in [3.8, 4) is 44.5 Å². The average molecular weight is 977 g/mol. The van der Waals surface area contributed by atoms with Gasteiger partial charge >= 0.3 is 0 Å². The first kappa shape index (κ1) is 46.0. The minimum Gasteiger partial charge on any atom is -0.307 e. The summed E-state index contributed by atoms with van der Waals surface area (Å²) in [5.74, 6) is -2.93. The molecule has 12 rings (SSSR count). The maximum Gasteiger partial charge on any atom is 0.147 e. The molecule has 0 saturated heterocycles. The summed E-state index contributed by atoms with van der Waals surface area (Å²) in [6, 6.07) is 61.6. The number of rotatable bonds is 10. The van der Waals surface area contributed by atoms with Crippen molar-refractivity contribution in [2.24, 2.45) is 0 Å². The van der Waals surface area contributed by atoms with E-state index in [4.69, 9.17) is 0 Å². The third kappa shape index (κ3) is 8.05. The lowest BCUT2D eigenvalue weighted by atomic mass is 9.91. The molecule has 74 heavy (non-hydrogen) atoms. The van der Waals surface area contributed by atoms with Gasteiger partial charge in [0.25, 0.3) is 0 Å². The van der Waals surface area contributed by atoms with E-state index in [2.05, 4.69) is 0 Å². The van der Waals surface area contributed by atoms with Crippen LogP contribution in [0.2, 0.25) is 0 Å². The standard InChI is InChI=1S/C66H42F6N2/c1-39-19-27-59(71)63(31-39)73(47-35-43(49-11-3-7-15-55(49)67)33-44(36-47)50-12-4-8-16-56(50)68)61-29-23-41-22-26-54-62(30-24-42-21-25-53(61)65(41)66(42)54)74(64-32-40(2)20-28-60(64)72)48-37-45(51-13-5-9-17-57(51)69)34-46(38-48)52-14-6-10-18-58(52)70/h3-38H,1-2H3. The quantitative estimate of drug-likeness (QED) is 0.0995. The first-order valence-corrected chi connectivity index (χ1v) is 24.1. The summed E-state index contributed by atoms with van der Waals surface area (Å²) >= 11 is 0. The molecule has 0 heterocycles. The molecule has 0 bridgehead atoms. The molecule has 0 aliphatic heterocycles. The van der Waals surface area contributed by atoms with Gasteiger partial charge in [0.2, 0.25) is 0 Å². The van der Waals surface area contributed by atoms with Crippen molar-refractivity contribution in [3.05, 3.63) is 264 Å². The topological polar surface area (TPSA) is 6.48 Å². The highest BCUT2D eigenvalue weighted by molar-refractivity contribution is 6.28. The summed E-state index contributed by atoms with van der Waals surface area (Å²) in [6.07, 6.45) is 0. The smallest absolute Gasteiger partial charge is 0.147 e. The number of anilines is 6. The summed E-state index contributed by atoms with van der Waals surface area (Å²) in [6.45, 7) is 3.75. The van der Waals surface area contributed by atoms with Crippen molar-refractivity contribution in [3.63, 3.8) is 0 Å². The van der Waals surface area contributed by atoms with Gasteiger partial charge < -0.3 is 9.80 Å². The zero-order chi connectivity index (χ0) is 50.8. The molecule has 358 valence electrons. The molecule has 0 radical (unpaired) electrons. The van der Waals surface area contributed by atoms with E-state index < -0.39 is 34.9 Å². The Morgan fingerprint density at radius 2 is 0.581 bits per heavy atom. The van der Waals surface area contributed by atoms with Crippen LogP contribution in [-0.2, 0) is 0 Å². The molecule has 0 fully saturated rings. The van der Waals surface area contributed by atoms with Gasteiger partial charge in [-0.2, -0.15) is 0 Å². The Morgan fingerprint density at radius 1 is 0.270 bits per heavy atom. The van der Waals surface area contributed by atoms with E-state index >= 15 is 26.3 Å². The van der Waals surface area contributed by atoms with E-state index in [-0.39, 0.29) is 33.6 Å². The molecule has 0 aliphatic rings. The van der Waals surface area contributed by atoms with Crippen LogP contribution in [0.25, 0.3) is 76.8 Å². The highest BCUT2D eigenvalue weighted by Crippen LogP contribution is 2.50. The Balaban J connectivity index is 1.14. The Kier molecular flexibility index (Phi) is 11.5. The fourth-order valence-corrected chi connectivity index (χ4v) is 10.4. The van der Waals surface area contributed by atoms with Gasteiger partial charge in [0.15, 0.2) is 0 Å². The summed E-state index contributed by atoms with van der Waals surface area (Å²) in [4.78, 5) is 3.60. The van der Waals surface area contributed by atoms with Crippen molar-refractivity contribution in [2.75, 3.05) is 9.80 Å². The molecule has 0 atom stereocenters. The maximum absolute atomic E-state index is 16.8. The minimum absolute atomic E-state index is 0.215. The second-order valence-corrected chi connectivity index (χ2v) is 18.6. The molecule has 0 N–H and O–H groups in total. The highest BCUT2D eigenvalue weighted by Gasteiger charge is 2.27. The van der Waals surface area contributed by atoms with Crippen LogP contribution in [-0.4, -0.2) is 0 Å². The molecule has 0 aromatic heterocycles. The van der Waals surface area contributed by atoms with Crippen molar-refractivity contribution in [1.29, 1.82) is 0 Å². The first-order chi connectivity index (χ1) is 36.0. The monoisotopic (exact) mass is 976 g/mol. The van der Waals surface area contributed by atoms with Crippen molar-refractivity contribution >= 4 is 66.4 Å². The average Bonchev–Trinajstić information content (AvgIpc) is 3.41. The Morgan fingerprint density at radius 3 is 0.905 bits per heavy atom. The third-order valence-corrected chi connectivity index (χ3v) is 13.9. The van der Waals surface area contributed by atoms with E-state index in [1.807, 2.05) is 62.4 Å². The molecule has 0 amide bonds. The summed E-state index contributed by atoms with van der Waals surface area (Å²) < 4.78 is 96.7. The largest absolute Gasteiger partial charge is 0.307 e. The van der Waals surface area contributed by atoms with E-state index in [1.165, 1.54) is 36.4 Å². The van der Waals surface area contributed by atoms with Crippen LogP contribution in [0.3, 0.4) is 0 Å². The van der Waals surface area contributed by atoms with Gasteiger partial charge in [-0.05, 0) is 166 Å². The van der Waals surface area contributed by atoms with Crippen molar-refractivity contribution in [1.82, 2.24) is 0 Å². The Hall–Kier alpha value is -9.14. The van der Waals surface area contributed by atoms with Gasteiger partial charge in [0.05, 0.1) is 22.7 Å². The zero-order valence-electron chi connectivity index (χ0n) is 39.9. The molecule has 0 aliphatic carbocycles. The maximum atomic E-state index is 16.8. The van der Waals surface area contributed by atoms with Gasteiger partial charge in [-0.15, -0.1) is 0 Å². The lowest BCUT2D eigenvalue weighted by molar-refractivity contribution is 0.628. The van der Waals surface area contributed by atoms with Crippen LogP contribution >= 0.6 is 0 Å². The van der Waals surface area contributed by atoms with E-state index in [0.717, 1.165) is 43.4 Å². The number of benzene rings is 12. The van der Waals surface area contributed by atoms with E-state index in [1.54, 1.807) is 143 Å². The second kappa shape index (κ2) is 18.5. The van der Waals surface area contributed by atoms with Crippen LogP contribution in [0.5, 0.6) is 0 Å². The number of halogens is 6. The zero-order valence-corrected chi connectivity index (χ0v) is 39.9. The minimum atomic E-state index is -0.518. The number of hydrogen-bond acceptors (Lipinski definition) is 2. The normalized spacial score (nSPS) is 11.5. The van der Waals surface area contributed by atoms with Crippen LogP contribution < -0.4 is 9.80 Å². The molecule has 12 aromatic carbocycles. The van der Waals surface area contributed by atoms with Crippen LogP contribution in [0.15, 0.2) is 218 Å². The summed E-state index contributed by atoms with van der Waals surface area (Å²) in [5, 5.41) is 4.86. The molecule has 0 spiro atoms. The molecule has 0 unspecified atom stereocenters. The van der Waals surface area contributed by atoms with Gasteiger partial charge in [0.1, 0.15) is 34.9 Å². The predicted molar refractivity (Wildman–Crippen MR) is 290 cm³/mol. The van der Waals surface area contributed by atoms with Gasteiger partial charge in [-0.25, -0.2) is 26.3 Å². The molecule has 0 saturated carbocycles. The van der Waals surface area contributed by atoms with Crippen LogP contribution in [0.4, 0.5) is 60.5 Å². The van der Waals surface area contributed by atoms with Crippen molar-refractivity contribution < 1.29 is 26.3 Å². The summed E-state index contributed by atoms with van der Waals surface area (Å²) in [5.41, 5.74) is 7.05. The van der Waals surface area contributed by atoms with Gasteiger partial charge in [0, 0.05) is 44.4 Å². The van der Waals surface area contributed by atoms with Crippen LogP contribution in [0.1, 0.15) is 11.1 Å². The highest BCUT2D eigenvalue weighted by atomic mass is 19.1. The number of nitrogens with zero attached hydrogens (tertiary/aromatic N) is 2. The molecular formula is C66H42F6N2. The van der Waals surface area contributed by atoms with Gasteiger partial charge in [-0.3, -0.25) is 0 Å². The molecule has 12 aromatic rings. The lowest BCUT2D eigenvalue weighted by Crippen LogP contribution is -2.14. The third-order valence-electron chi connectivity index (χ3n) is 13.9. The number of aryl methyl sites for hydroxylation is 2. The van der Waals surface area contributed by atoms with Crippen molar-refractivity contribution in [2.45, 2.75) is 13.8 Å². The molecular weight excluding hydrogens is 935 g/mol. The fraction of sp³-hybridized carbons (Fsp3) is 0.0303. The van der Waals surface area contributed by atoms with Crippen LogP contribution in [0, 0.1) is 48.8 Å². The van der Waals surface area contributed by atoms with E-state index in [0.29, 0.717) is 45.0 Å². The fourth-order valence-electron chi connectivity index (χ4n) is 10.4. The molecule has 8 heteroatoms. The number of hydrogen-bond donors (Lipinski definition) is 0. The lowest BCUT2D eigenvalue weighted by Gasteiger charge is -2.30. The summed E-state index contributed by atoms with van der Waals surface area (Å²) in [7, 11) is 0. The Bertz CT molecular complexity index is 3770. The molecule has 2 nitrogen and oxygen atoms in total. The predicted octanol–water partition coefficient (Wildman–Crippen LogP) is 19.6. The second-order valence-electron chi connectivity index (χ2n) is 18.6. The van der Waals surface area contributed by atoms with E-state index in [9.17, 15) is 0 Å². The Labute approximate surface area is 423 Å².